The third-order valence-corrected chi connectivity index (χ3v) is 4.29. The van der Waals surface area contributed by atoms with E-state index in [0.717, 1.165) is 32.6 Å². The van der Waals surface area contributed by atoms with Gasteiger partial charge >= 0.3 is 0 Å². The van der Waals surface area contributed by atoms with E-state index in [2.05, 4.69) is 36.4 Å². The quantitative estimate of drug-likeness (QED) is 0.728. The summed E-state index contributed by atoms with van der Waals surface area (Å²) in [5, 5.41) is 6.55. The summed E-state index contributed by atoms with van der Waals surface area (Å²) >= 11 is 0. The highest BCUT2D eigenvalue weighted by Crippen LogP contribution is 2.19. The van der Waals surface area contributed by atoms with Gasteiger partial charge in [0.05, 0.1) is 5.92 Å². The van der Waals surface area contributed by atoms with Gasteiger partial charge in [-0.1, -0.05) is 13.8 Å². The number of nitrogens with zero attached hydrogens (tertiary/aromatic N) is 1. The minimum Gasteiger partial charge on any atom is -0.353 e. The fraction of sp³-hybridized carbons (Fsp3) is 0.923. The minimum absolute atomic E-state index is 0.168. The van der Waals surface area contributed by atoms with E-state index in [1.54, 1.807) is 0 Å². The van der Waals surface area contributed by atoms with Crippen LogP contribution in [0.15, 0.2) is 0 Å². The molecule has 0 bridgehead atoms. The number of hydrogen-bond donors (Lipinski definition) is 2. The molecule has 2 unspecified atom stereocenters. The zero-order valence-corrected chi connectivity index (χ0v) is 11.2. The zero-order chi connectivity index (χ0) is 12.4. The van der Waals surface area contributed by atoms with Crippen molar-refractivity contribution < 1.29 is 4.79 Å². The summed E-state index contributed by atoms with van der Waals surface area (Å²) in [6.45, 7) is 8.38. The molecule has 4 heteroatoms. The van der Waals surface area contributed by atoms with Crippen LogP contribution in [0, 0.1) is 17.8 Å². The van der Waals surface area contributed by atoms with E-state index < -0.39 is 0 Å². The first-order valence-corrected chi connectivity index (χ1v) is 6.77. The molecule has 0 aliphatic carbocycles. The van der Waals surface area contributed by atoms with Crippen molar-refractivity contribution in [2.75, 3.05) is 33.2 Å². The van der Waals surface area contributed by atoms with Gasteiger partial charge in [-0.15, -0.1) is 0 Å². The topological polar surface area (TPSA) is 44.4 Å². The number of carbonyl (C=O) groups excluding carboxylic acids is 1. The number of rotatable bonds is 2. The van der Waals surface area contributed by atoms with Crippen LogP contribution in [0.5, 0.6) is 0 Å². The third kappa shape index (κ3) is 2.99. The van der Waals surface area contributed by atoms with Gasteiger partial charge in [-0.25, -0.2) is 0 Å². The Hall–Kier alpha value is -0.610. The molecule has 2 fully saturated rings. The monoisotopic (exact) mass is 239 g/mol. The summed E-state index contributed by atoms with van der Waals surface area (Å²) in [7, 11) is 2.15. The van der Waals surface area contributed by atoms with Crippen molar-refractivity contribution in [2.45, 2.75) is 26.3 Å². The second-order valence-electron chi connectivity index (χ2n) is 5.89. The van der Waals surface area contributed by atoms with Crippen LogP contribution < -0.4 is 10.6 Å². The lowest BCUT2D eigenvalue weighted by molar-refractivity contribution is -0.126. The molecule has 2 aliphatic heterocycles. The highest BCUT2D eigenvalue weighted by molar-refractivity contribution is 5.79. The predicted molar refractivity (Wildman–Crippen MR) is 68.7 cm³/mol. The van der Waals surface area contributed by atoms with E-state index in [4.69, 9.17) is 0 Å². The predicted octanol–water partition coefficient (Wildman–Crippen LogP) is 0.298. The van der Waals surface area contributed by atoms with Crippen molar-refractivity contribution in [3.63, 3.8) is 0 Å². The number of amides is 1. The van der Waals surface area contributed by atoms with E-state index in [9.17, 15) is 4.79 Å². The van der Waals surface area contributed by atoms with E-state index in [1.165, 1.54) is 0 Å². The van der Waals surface area contributed by atoms with E-state index in [1.807, 2.05) is 0 Å². The van der Waals surface area contributed by atoms with E-state index >= 15 is 0 Å². The lowest BCUT2D eigenvalue weighted by Gasteiger charge is -2.35. The summed E-state index contributed by atoms with van der Waals surface area (Å²) in [4.78, 5) is 14.5. The Morgan fingerprint density at radius 2 is 2.06 bits per heavy atom. The zero-order valence-electron chi connectivity index (χ0n) is 11.2. The first-order chi connectivity index (χ1) is 8.08. The second kappa shape index (κ2) is 5.36. The number of nitrogens with one attached hydrogen (secondary N) is 2. The van der Waals surface area contributed by atoms with Gasteiger partial charge in [-0.3, -0.25) is 4.79 Å². The van der Waals surface area contributed by atoms with Crippen molar-refractivity contribution in [1.82, 2.24) is 15.5 Å². The van der Waals surface area contributed by atoms with Crippen molar-refractivity contribution >= 4 is 5.91 Å². The number of piperidine rings is 1. The molecule has 0 aromatic carbocycles. The minimum atomic E-state index is 0.168. The molecule has 98 valence electrons. The molecular formula is C13H25N3O. The highest BCUT2D eigenvalue weighted by atomic mass is 16.2. The molecule has 0 radical (unpaired) electrons. The molecule has 0 saturated carbocycles. The molecule has 2 rings (SSSR count). The van der Waals surface area contributed by atoms with Gasteiger partial charge in [0, 0.05) is 19.1 Å². The van der Waals surface area contributed by atoms with Gasteiger partial charge in [0.1, 0.15) is 0 Å². The molecule has 2 saturated heterocycles. The molecule has 1 amide bonds. The summed E-state index contributed by atoms with van der Waals surface area (Å²) in [5.74, 6) is 1.45. The van der Waals surface area contributed by atoms with Crippen LogP contribution in [0.25, 0.3) is 0 Å². The maximum atomic E-state index is 12.2. The van der Waals surface area contributed by atoms with Crippen molar-refractivity contribution in [2.24, 2.45) is 17.8 Å². The van der Waals surface area contributed by atoms with Crippen LogP contribution in [0.3, 0.4) is 0 Å². The van der Waals surface area contributed by atoms with Gasteiger partial charge in [-0.05, 0) is 38.4 Å². The molecule has 4 atom stereocenters. The van der Waals surface area contributed by atoms with Gasteiger partial charge in [0.2, 0.25) is 5.91 Å². The van der Waals surface area contributed by atoms with Crippen LogP contribution in [0.1, 0.15) is 20.3 Å². The molecular weight excluding hydrogens is 214 g/mol. The molecule has 4 nitrogen and oxygen atoms in total. The SMILES string of the molecule is CC1CN(C)CCC1NC(=O)[C@@H]1CNC[C@H]1C. The Morgan fingerprint density at radius 3 is 2.65 bits per heavy atom. The Labute approximate surface area is 104 Å². The standard InChI is InChI=1S/C13H25N3O/c1-9-6-14-7-11(9)13(17)15-12-4-5-16(3)8-10(12)2/h9-12,14H,4-8H2,1-3H3,(H,15,17)/t9-,10?,11-,12?/m1/s1. The summed E-state index contributed by atoms with van der Waals surface area (Å²) in [6, 6.07) is 0.367. The second-order valence-corrected chi connectivity index (χ2v) is 5.89. The first kappa shape index (κ1) is 12.8. The summed E-state index contributed by atoms with van der Waals surface area (Å²) in [6.07, 6.45) is 1.08. The van der Waals surface area contributed by atoms with Crippen LogP contribution in [0.4, 0.5) is 0 Å². The Morgan fingerprint density at radius 1 is 1.29 bits per heavy atom. The number of carbonyl (C=O) groups is 1. The highest BCUT2D eigenvalue weighted by Gasteiger charge is 2.32. The van der Waals surface area contributed by atoms with Gasteiger partial charge < -0.3 is 15.5 Å². The van der Waals surface area contributed by atoms with Crippen molar-refractivity contribution in [1.29, 1.82) is 0 Å². The maximum absolute atomic E-state index is 12.2. The normalized spacial score (nSPS) is 39.2. The Kier molecular flexibility index (Phi) is 4.05. The molecule has 0 aromatic rings. The van der Waals surface area contributed by atoms with Crippen molar-refractivity contribution in [3.05, 3.63) is 0 Å². The fourth-order valence-electron chi connectivity index (χ4n) is 3.02. The largest absolute Gasteiger partial charge is 0.353 e. The summed E-state index contributed by atoms with van der Waals surface area (Å²) < 4.78 is 0. The molecule has 2 aliphatic rings. The smallest absolute Gasteiger partial charge is 0.224 e. The molecule has 2 heterocycles. The van der Waals surface area contributed by atoms with Crippen LogP contribution >= 0.6 is 0 Å². The lowest BCUT2D eigenvalue weighted by Crippen LogP contribution is -2.50. The number of likely N-dealkylation sites (tertiary alicyclic amines) is 1. The van der Waals surface area contributed by atoms with Gasteiger partial charge in [0.15, 0.2) is 0 Å². The number of hydrogen-bond acceptors (Lipinski definition) is 3. The van der Waals surface area contributed by atoms with Crippen LogP contribution in [0.2, 0.25) is 0 Å². The van der Waals surface area contributed by atoms with E-state index in [-0.39, 0.29) is 11.8 Å². The van der Waals surface area contributed by atoms with Crippen LogP contribution in [-0.2, 0) is 4.79 Å². The average Bonchev–Trinajstić information content (AvgIpc) is 2.68. The lowest BCUT2D eigenvalue weighted by atomic mass is 9.92. The summed E-state index contributed by atoms with van der Waals surface area (Å²) in [5.41, 5.74) is 0. The molecule has 17 heavy (non-hydrogen) atoms. The average molecular weight is 239 g/mol. The van der Waals surface area contributed by atoms with Crippen LogP contribution in [-0.4, -0.2) is 50.1 Å². The maximum Gasteiger partial charge on any atom is 0.224 e. The Balaban J connectivity index is 1.86. The van der Waals surface area contributed by atoms with Gasteiger partial charge in [-0.2, -0.15) is 0 Å². The molecule has 0 aromatic heterocycles. The van der Waals surface area contributed by atoms with Gasteiger partial charge in [0.25, 0.3) is 0 Å². The van der Waals surface area contributed by atoms with E-state index in [0.29, 0.717) is 17.9 Å². The Bertz CT molecular complexity index is 282. The molecule has 0 spiro atoms. The first-order valence-electron chi connectivity index (χ1n) is 6.77. The third-order valence-electron chi connectivity index (χ3n) is 4.29. The fourth-order valence-corrected chi connectivity index (χ4v) is 3.02. The van der Waals surface area contributed by atoms with Crippen molar-refractivity contribution in [3.8, 4) is 0 Å². The molecule has 2 N–H and O–H groups in total.